The molecule has 0 fully saturated rings. The van der Waals surface area contributed by atoms with Crippen LogP contribution in [0.15, 0.2) is 12.1 Å². The number of hydrogen-bond donors (Lipinski definition) is 0. The van der Waals surface area contributed by atoms with Gasteiger partial charge in [-0.2, -0.15) is 0 Å². The van der Waals surface area contributed by atoms with Crippen LogP contribution in [0.25, 0.3) is 0 Å². The second-order valence-electron chi connectivity index (χ2n) is 3.00. The Morgan fingerprint density at radius 3 is 2.43 bits per heavy atom. The van der Waals surface area contributed by atoms with Crippen LogP contribution >= 0.6 is 11.6 Å². The van der Waals surface area contributed by atoms with E-state index in [1.807, 2.05) is 0 Å². The summed E-state index contributed by atoms with van der Waals surface area (Å²) in [5.41, 5.74) is 0.433. The van der Waals surface area contributed by atoms with Gasteiger partial charge in [0.05, 0.1) is 5.02 Å². The summed E-state index contributed by atoms with van der Waals surface area (Å²) in [6.07, 6.45) is -2.56. The quantitative estimate of drug-likeness (QED) is 0.691. The van der Waals surface area contributed by atoms with Gasteiger partial charge in [-0.05, 0) is 25.5 Å². The predicted octanol–water partition coefficient (Wildman–Crippen LogP) is 3.79. The van der Waals surface area contributed by atoms with Crippen LogP contribution in [-0.2, 0) is 0 Å². The summed E-state index contributed by atoms with van der Waals surface area (Å²) in [6.45, 7) is 2.83. The summed E-state index contributed by atoms with van der Waals surface area (Å²) in [4.78, 5) is 11.0. The number of ketones is 1. The number of hydrogen-bond acceptors (Lipinski definition) is 1. The lowest BCUT2D eigenvalue weighted by Gasteiger charge is -2.09. The molecular formula is C10H9ClF2O. The number of alkyl halides is 2. The molecule has 1 rings (SSSR count). The molecule has 1 aromatic rings. The molecule has 0 radical (unpaired) electrons. The number of benzene rings is 1. The van der Waals surface area contributed by atoms with Crippen molar-refractivity contribution in [3.63, 3.8) is 0 Å². The third-order valence-electron chi connectivity index (χ3n) is 2.04. The average Bonchev–Trinajstić information content (AvgIpc) is 2.08. The summed E-state index contributed by atoms with van der Waals surface area (Å²) in [5, 5.41) is 0.121. The molecule has 0 saturated carbocycles. The molecule has 1 nitrogen and oxygen atoms in total. The molecular weight excluding hydrogens is 210 g/mol. The molecule has 0 saturated heterocycles. The number of carbonyl (C=O) groups excluding carboxylic acids is 1. The molecule has 0 bridgehead atoms. The van der Waals surface area contributed by atoms with Gasteiger partial charge in [0.25, 0.3) is 6.43 Å². The molecule has 0 aliphatic heterocycles. The van der Waals surface area contributed by atoms with Gasteiger partial charge in [-0.15, -0.1) is 0 Å². The maximum atomic E-state index is 12.4. The lowest BCUT2D eigenvalue weighted by molar-refractivity contribution is 0.101. The average molecular weight is 219 g/mol. The molecule has 0 N–H and O–H groups in total. The van der Waals surface area contributed by atoms with Crippen LogP contribution in [-0.4, -0.2) is 5.78 Å². The van der Waals surface area contributed by atoms with E-state index in [-0.39, 0.29) is 27.5 Å². The summed E-state index contributed by atoms with van der Waals surface area (Å²) >= 11 is 5.78. The van der Waals surface area contributed by atoms with Gasteiger partial charge in [0, 0.05) is 11.1 Å². The lowest BCUT2D eigenvalue weighted by atomic mass is 10.0. The second kappa shape index (κ2) is 4.05. The van der Waals surface area contributed by atoms with E-state index in [9.17, 15) is 13.6 Å². The van der Waals surface area contributed by atoms with Crippen LogP contribution in [0.5, 0.6) is 0 Å². The van der Waals surface area contributed by atoms with Gasteiger partial charge in [0.2, 0.25) is 0 Å². The standard InChI is InChI=1S/C10H9ClF2O/c1-5-7(10(12)13)3-4-8(6(2)14)9(5)11/h3-4,10H,1-2H3. The molecule has 76 valence electrons. The Hall–Kier alpha value is -0.960. The summed E-state index contributed by atoms with van der Waals surface area (Å²) in [7, 11) is 0. The van der Waals surface area contributed by atoms with Crippen molar-refractivity contribution in [3.05, 3.63) is 33.8 Å². The normalized spacial score (nSPS) is 10.7. The van der Waals surface area contributed by atoms with Crippen LogP contribution in [0, 0.1) is 6.92 Å². The van der Waals surface area contributed by atoms with Crippen LogP contribution < -0.4 is 0 Å². The smallest absolute Gasteiger partial charge is 0.264 e. The highest BCUT2D eigenvalue weighted by Gasteiger charge is 2.16. The largest absolute Gasteiger partial charge is 0.294 e. The fourth-order valence-electron chi connectivity index (χ4n) is 1.21. The molecule has 0 unspecified atom stereocenters. The minimum Gasteiger partial charge on any atom is -0.294 e. The third kappa shape index (κ3) is 1.93. The maximum Gasteiger partial charge on any atom is 0.264 e. The third-order valence-corrected chi connectivity index (χ3v) is 2.53. The van der Waals surface area contributed by atoms with E-state index in [0.29, 0.717) is 0 Å². The van der Waals surface area contributed by atoms with E-state index in [4.69, 9.17) is 11.6 Å². The molecule has 1 aromatic carbocycles. The van der Waals surface area contributed by atoms with E-state index < -0.39 is 6.43 Å². The summed E-state index contributed by atoms with van der Waals surface area (Å²) < 4.78 is 24.8. The van der Waals surface area contributed by atoms with E-state index >= 15 is 0 Å². The van der Waals surface area contributed by atoms with Crippen molar-refractivity contribution < 1.29 is 13.6 Å². The maximum absolute atomic E-state index is 12.4. The SMILES string of the molecule is CC(=O)c1ccc(C(F)F)c(C)c1Cl. The van der Waals surface area contributed by atoms with Crippen molar-refractivity contribution in [2.24, 2.45) is 0 Å². The zero-order valence-corrected chi connectivity index (χ0v) is 8.53. The number of Topliss-reactive ketones (excluding diaryl/α,β-unsaturated/α-hetero) is 1. The van der Waals surface area contributed by atoms with Crippen molar-refractivity contribution in [2.45, 2.75) is 20.3 Å². The Bertz CT molecular complexity index is 375. The van der Waals surface area contributed by atoms with Crippen molar-refractivity contribution in [2.75, 3.05) is 0 Å². The molecule has 0 atom stereocenters. The van der Waals surface area contributed by atoms with Crippen molar-refractivity contribution in [1.29, 1.82) is 0 Å². The molecule has 0 aromatic heterocycles. The molecule has 0 heterocycles. The highest BCUT2D eigenvalue weighted by atomic mass is 35.5. The van der Waals surface area contributed by atoms with E-state index in [1.54, 1.807) is 0 Å². The molecule has 0 aliphatic carbocycles. The first-order chi connectivity index (χ1) is 6.45. The topological polar surface area (TPSA) is 17.1 Å². The van der Waals surface area contributed by atoms with Gasteiger partial charge in [-0.1, -0.05) is 17.7 Å². The van der Waals surface area contributed by atoms with Crippen LogP contribution in [0.4, 0.5) is 8.78 Å². The Labute approximate surface area is 85.7 Å². The zero-order chi connectivity index (χ0) is 10.9. The van der Waals surface area contributed by atoms with Gasteiger partial charge in [0.15, 0.2) is 5.78 Å². The first-order valence-electron chi connectivity index (χ1n) is 4.03. The fourth-order valence-corrected chi connectivity index (χ4v) is 1.51. The predicted molar refractivity (Wildman–Crippen MR) is 51.2 cm³/mol. The van der Waals surface area contributed by atoms with Gasteiger partial charge in [-0.25, -0.2) is 8.78 Å². The molecule has 0 aliphatic rings. The molecule has 0 amide bonds. The minimum atomic E-state index is -2.56. The first-order valence-corrected chi connectivity index (χ1v) is 4.41. The monoisotopic (exact) mass is 218 g/mol. The molecule has 4 heteroatoms. The van der Waals surface area contributed by atoms with Crippen LogP contribution in [0.2, 0.25) is 5.02 Å². The number of halogens is 3. The van der Waals surface area contributed by atoms with Crippen LogP contribution in [0.3, 0.4) is 0 Å². The van der Waals surface area contributed by atoms with E-state index in [1.165, 1.54) is 26.0 Å². The summed E-state index contributed by atoms with van der Waals surface area (Å²) in [5.74, 6) is -0.223. The van der Waals surface area contributed by atoms with Gasteiger partial charge >= 0.3 is 0 Å². The Balaban J connectivity index is 3.33. The lowest BCUT2D eigenvalue weighted by Crippen LogP contribution is -1.98. The zero-order valence-electron chi connectivity index (χ0n) is 7.77. The highest BCUT2D eigenvalue weighted by Crippen LogP contribution is 2.30. The fraction of sp³-hybridized carbons (Fsp3) is 0.300. The molecule has 0 spiro atoms. The van der Waals surface area contributed by atoms with Crippen molar-refractivity contribution >= 4 is 17.4 Å². The number of carbonyl (C=O) groups is 1. The Morgan fingerprint density at radius 2 is 2.00 bits per heavy atom. The van der Waals surface area contributed by atoms with Gasteiger partial charge in [0.1, 0.15) is 0 Å². The van der Waals surface area contributed by atoms with Gasteiger partial charge < -0.3 is 0 Å². The van der Waals surface area contributed by atoms with E-state index in [2.05, 4.69) is 0 Å². The first kappa shape index (κ1) is 11.1. The Kier molecular flexibility index (Phi) is 3.21. The summed E-state index contributed by atoms with van der Waals surface area (Å²) in [6, 6.07) is 2.57. The van der Waals surface area contributed by atoms with Gasteiger partial charge in [-0.3, -0.25) is 4.79 Å². The number of rotatable bonds is 2. The van der Waals surface area contributed by atoms with Crippen molar-refractivity contribution in [3.8, 4) is 0 Å². The Morgan fingerprint density at radius 1 is 1.43 bits per heavy atom. The van der Waals surface area contributed by atoms with Crippen molar-refractivity contribution in [1.82, 2.24) is 0 Å². The highest BCUT2D eigenvalue weighted by molar-refractivity contribution is 6.34. The second-order valence-corrected chi connectivity index (χ2v) is 3.38. The van der Waals surface area contributed by atoms with Crippen LogP contribution in [0.1, 0.15) is 34.8 Å². The minimum absolute atomic E-state index is 0.121. The van der Waals surface area contributed by atoms with E-state index in [0.717, 1.165) is 0 Å². The molecule has 14 heavy (non-hydrogen) atoms.